The molecule has 0 atom stereocenters. The van der Waals surface area contributed by atoms with E-state index in [0.717, 1.165) is 32.5 Å². The predicted molar refractivity (Wildman–Crippen MR) is 87.5 cm³/mol. The number of hydrogen-bond donors (Lipinski definition) is 0. The molecule has 0 saturated carbocycles. The molecule has 0 saturated heterocycles. The fourth-order valence-corrected chi connectivity index (χ4v) is 3.53. The Kier molecular flexibility index (Phi) is 3.46. The largest absolute Gasteiger partial charge is 0.496 e. The van der Waals surface area contributed by atoms with Crippen molar-refractivity contribution in [1.29, 1.82) is 0 Å². The number of fused-ring (bicyclic) bond motifs is 2. The van der Waals surface area contributed by atoms with Crippen LogP contribution in [0.5, 0.6) is 17.4 Å². The van der Waals surface area contributed by atoms with E-state index in [2.05, 4.69) is 22.4 Å². The second-order valence-electron chi connectivity index (χ2n) is 5.27. The van der Waals surface area contributed by atoms with E-state index in [1.165, 1.54) is 0 Å². The van der Waals surface area contributed by atoms with Crippen LogP contribution < -0.4 is 9.47 Å². The highest BCUT2D eigenvalue weighted by Crippen LogP contribution is 2.49. The molecule has 6 heteroatoms. The highest BCUT2D eigenvalue weighted by Gasteiger charge is 2.26. The zero-order valence-electron chi connectivity index (χ0n) is 12.8. The van der Waals surface area contributed by atoms with Gasteiger partial charge in [0.2, 0.25) is 0 Å². The lowest BCUT2D eigenvalue weighted by molar-refractivity contribution is 0.381. The second kappa shape index (κ2) is 5.62. The summed E-state index contributed by atoms with van der Waals surface area (Å²) in [7, 11) is 1.66. The Balaban J connectivity index is 1.70. The van der Waals surface area contributed by atoms with Crippen LogP contribution in [-0.4, -0.2) is 22.1 Å². The molecule has 0 bridgehead atoms. The molecule has 0 N–H and O–H groups in total. The minimum absolute atomic E-state index is 0.627. The molecule has 0 spiro atoms. The van der Waals surface area contributed by atoms with Gasteiger partial charge in [-0.2, -0.15) is 0 Å². The first kappa shape index (κ1) is 14.1. The summed E-state index contributed by atoms with van der Waals surface area (Å²) in [4.78, 5) is 1.03. The van der Waals surface area contributed by atoms with Crippen LogP contribution in [0.2, 0.25) is 0 Å². The summed E-state index contributed by atoms with van der Waals surface area (Å²) in [6.07, 6.45) is 0. The van der Waals surface area contributed by atoms with Gasteiger partial charge in [-0.15, -0.1) is 5.10 Å². The number of hydrogen-bond acceptors (Lipinski definition) is 5. The Morgan fingerprint density at radius 3 is 2.78 bits per heavy atom. The van der Waals surface area contributed by atoms with Gasteiger partial charge in [-0.1, -0.05) is 47.3 Å². The van der Waals surface area contributed by atoms with Crippen LogP contribution in [0.4, 0.5) is 0 Å². The van der Waals surface area contributed by atoms with Gasteiger partial charge in [0.1, 0.15) is 11.5 Å². The molecule has 0 amide bonds. The zero-order chi connectivity index (χ0) is 15.8. The fraction of sp³-hybridized carbons (Fsp3) is 0.176. The van der Waals surface area contributed by atoms with Crippen LogP contribution in [0.1, 0.15) is 11.1 Å². The van der Waals surface area contributed by atoms with Gasteiger partial charge >= 0.3 is 0 Å². The van der Waals surface area contributed by atoms with Crippen molar-refractivity contribution in [2.24, 2.45) is 0 Å². The summed E-state index contributed by atoms with van der Waals surface area (Å²) >= 11 is 1.57. The monoisotopic (exact) mass is 325 g/mol. The van der Waals surface area contributed by atoms with Gasteiger partial charge in [0, 0.05) is 5.56 Å². The van der Waals surface area contributed by atoms with E-state index in [1.54, 1.807) is 23.6 Å². The van der Waals surface area contributed by atoms with E-state index in [4.69, 9.17) is 9.47 Å². The van der Waals surface area contributed by atoms with Crippen molar-refractivity contribution in [2.45, 2.75) is 23.4 Å². The third kappa shape index (κ3) is 2.45. The van der Waals surface area contributed by atoms with Crippen LogP contribution in [-0.2, 0) is 6.54 Å². The topological polar surface area (TPSA) is 49.2 Å². The standard InChI is InChI=1S/C17H15N3O2S/c1-11-13(21-2)8-9-14-15(11)22-17-16(23-14)18-19-20(17)10-12-6-4-3-5-7-12/h3-9H,10H2,1-2H3. The van der Waals surface area contributed by atoms with E-state index in [0.29, 0.717) is 12.4 Å². The van der Waals surface area contributed by atoms with Crippen molar-refractivity contribution >= 4 is 11.8 Å². The van der Waals surface area contributed by atoms with Crippen molar-refractivity contribution in [1.82, 2.24) is 15.0 Å². The average molecular weight is 325 g/mol. The van der Waals surface area contributed by atoms with Gasteiger partial charge in [-0.25, -0.2) is 4.68 Å². The first-order valence-electron chi connectivity index (χ1n) is 7.27. The van der Waals surface area contributed by atoms with Crippen molar-refractivity contribution in [3.8, 4) is 17.4 Å². The number of nitrogens with zero attached hydrogens (tertiary/aromatic N) is 3. The molecule has 5 nitrogen and oxygen atoms in total. The molecule has 2 heterocycles. The van der Waals surface area contributed by atoms with Gasteiger partial charge in [0.25, 0.3) is 5.88 Å². The molecule has 0 unspecified atom stereocenters. The lowest BCUT2D eigenvalue weighted by Crippen LogP contribution is -2.06. The third-order valence-electron chi connectivity index (χ3n) is 3.78. The second-order valence-corrected chi connectivity index (χ2v) is 6.30. The molecule has 0 aliphatic carbocycles. The molecule has 3 aromatic rings. The number of methoxy groups -OCH3 is 1. The van der Waals surface area contributed by atoms with Crippen LogP contribution >= 0.6 is 11.8 Å². The maximum absolute atomic E-state index is 6.13. The van der Waals surface area contributed by atoms with Crippen molar-refractivity contribution in [2.75, 3.05) is 7.11 Å². The van der Waals surface area contributed by atoms with Crippen molar-refractivity contribution in [3.63, 3.8) is 0 Å². The molecular formula is C17H15N3O2S. The van der Waals surface area contributed by atoms with Gasteiger partial charge in [0.05, 0.1) is 18.6 Å². The highest BCUT2D eigenvalue weighted by atomic mass is 32.2. The van der Waals surface area contributed by atoms with Gasteiger partial charge < -0.3 is 9.47 Å². The minimum atomic E-state index is 0.627. The number of aromatic nitrogens is 3. The van der Waals surface area contributed by atoms with Gasteiger partial charge in [0.15, 0.2) is 5.03 Å². The summed E-state index contributed by atoms with van der Waals surface area (Å²) in [6, 6.07) is 14.1. The van der Waals surface area contributed by atoms with E-state index in [-0.39, 0.29) is 0 Å². The smallest absolute Gasteiger partial charge is 0.253 e. The van der Waals surface area contributed by atoms with Gasteiger partial charge in [-0.05, 0) is 24.6 Å². The maximum Gasteiger partial charge on any atom is 0.253 e. The van der Waals surface area contributed by atoms with E-state index < -0.39 is 0 Å². The van der Waals surface area contributed by atoms with Crippen LogP contribution in [0, 0.1) is 6.92 Å². The van der Waals surface area contributed by atoms with Crippen LogP contribution in [0.15, 0.2) is 52.4 Å². The molecule has 23 heavy (non-hydrogen) atoms. The predicted octanol–water partition coefficient (Wildman–Crippen LogP) is 3.90. The number of benzene rings is 2. The Morgan fingerprint density at radius 1 is 1.17 bits per heavy atom. The molecule has 116 valence electrons. The zero-order valence-corrected chi connectivity index (χ0v) is 13.6. The number of rotatable bonds is 3. The Bertz CT molecular complexity index is 862. The van der Waals surface area contributed by atoms with E-state index >= 15 is 0 Å². The molecule has 2 aromatic carbocycles. The normalized spacial score (nSPS) is 12.3. The van der Waals surface area contributed by atoms with Crippen molar-refractivity contribution < 1.29 is 9.47 Å². The summed E-state index contributed by atoms with van der Waals surface area (Å²) in [5.41, 5.74) is 2.14. The third-order valence-corrected chi connectivity index (χ3v) is 4.77. The lowest BCUT2D eigenvalue weighted by atomic mass is 10.2. The Morgan fingerprint density at radius 2 is 2.00 bits per heavy atom. The highest BCUT2D eigenvalue weighted by molar-refractivity contribution is 7.99. The molecule has 1 aliphatic rings. The summed E-state index contributed by atoms with van der Waals surface area (Å²) in [5.74, 6) is 2.32. The fourth-order valence-electron chi connectivity index (χ4n) is 2.59. The number of ether oxygens (including phenoxy) is 2. The molecule has 0 fully saturated rings. The Labute approximate surface area is 138 Å². The molecule has 1 aliphatic heterocycles. The first-order chi connectivity index (χ1) is 11.3. The maximum atomic E-state index is 6.13. The minimum Gasteiger partial charge on any atom is -0.496 e. The molecule has 4 rings (SSSR count). The average Bonchev–Trinajstić information content (AvgIpc) is 2.97. The molecular weight excluding hydrogens is 310 g/mol. The van der Waals surface area contributed by atoms with Crippen molar-refractivity contribution in [3.05, 3.63) is 53.6 Å². The van der Waals surface area contributed by atoms with Crippen LogP contribution in [0.25, 0.3) is 0 Å². The summed E-state index contributed by atoms with van der Waals surface area (Å²) in [6.45, 7) is 2.62. The first-order valence-corrected chi connectivity index (χ1v) is 8.08. The lowest BCUT2D eigenvalue weighted by Gasteiger charge is -2.20. The van der Waals surface area contributed by atoms with Gasteiger partial charge in [-0.3, -0.25) is 0 Å². The Hall–Kier alpha value is -2.47. The summed E-state index contributed by atoms with van der Waals surface area (Å²) < 4.78 is 13.3. The quantitative estimate of drug-likeness (QED) is 0.572. The van der Waals surface area contributed by atoms with E-state index in [1.807, 2.05) is 37.3 Å². The van der Waals surface area contributed by atoms with E-state index in [9.17, 15) is 0 Å². The summed E-state index contributed by atoms with van der Waals surface area (Å²) in [5, 5.41) is 9.27. The molecule has 1 aromatic heterocycles. The SMILES string of the molecule is COc1ccc2c(c1C)Oc1c(nnn1Cc1ccccc1)S2. The van der Waals surface area contributed by atoms with Crippen LogP contribution in [0.3, 0.4) is 0 Å². The molecule has 0 radical (unpaired) electrons.